The summed E-state index contributed by atoms with van der Waals surface area (Å²) >= 11 is 0. The molecule has 15 heavy (non-hydrogen) atoms. The van der Waals surface area contributed by atoms with E-state index in [2.05, 4.69) is 0 Å². The van der Waals surface area contributed by atoms with Gasteiger partial charge in [0, 0.05) is 0 Å². The molecular weight excluding hydrogens is 198 g/mol. The first kappa shape index (κ1) is 10.9. The third kappa shape index (κ3) is 2.38. The van der Waals surface area contributed by atoms with Crippen molar-refractivity contribution in [1.29, 1.82) is 5.26 Å². The molecule has 0 spiro atoms. The highest BCUT2D eigenvalue weighted by Gasteiger charge is 2.12. The van der Waals surface area contributed by atoms with E-state index in [1.165, 1.54) is 19.2 Å². The van der Waals surface area contributed by atoms with Crippen molar-refractivity contribution in [2.24, 2.45) is 0 Å². The van der Waals surface area contributed by atoms with Gasteiger partial charge in [0.25, 0.3) is 0 Å². The SMILES string of the molecule is COc1c(O)cc(CC(=O)O)cc1C#N. The minimum atomic E-state index is -1.02. The highest BCUT2D eigenvalue weighted by molar-refractivity contribution is 5.71. The average molecular weight is 207 g/mol. The van der Waals surface area contributed by atoms with Crippen molar-refractivity contribution in [2.75, 3.05) is 7.11 Å². The van der Waals surface area contributed by atoms with Crippen LogP contribution < -0.4 is 4.74 Å². The second-order valence-corrected chi connectivity index (χ2v) is 2.88. The first-order valence-corrected chi connectivity index (χ1v) is 4.10. The van der Waals surface area contributed by atoms with Crippen LogP contribution in [0.25, 0.3) is 0 Å². The first-order chi connectivity index (χ1) is 7.08. The minimum absolute atomic E-state index is 0.0617. The van der Waals surface area contributed by atoms with Crippen molar-refractivity contribution in [3.63, 3.8) is 0 Å². The van der Waals surface area contributed by atoms with Gasteiger partial charge >= 0.3 is 5.97 Å². The highest BCUT2D eigenvalue weighted by atomic mass is 16.5. The van der Waals surface area contributed by atoms with E-state index in [0.29, 0.717) is 5.56 Å². The lowest BCUT2D eigenvalue weighted by Gasteiger charge is -2.07. The van der Waals surface area contributed by atoms with E-state index < -0.39 is 5.97 Å². The zero-order chi connectivity index (χ0) is 11.4. The van der Waals surface area contributed by atoms with Crippen LogP contribution in [0.4, 0.5) is 0 Å². The summed E-state index contributed by atoms with van der Waals surface area (Å²) in [5.41, 5.74) is 0.478. The summed E-state index contributed by atoms with van der Waals surface area (Å²) in [6, 6.07) is 4.48. The molecule has 0 aliphatic carbocycles. The van der Waals surface area contributed by atoms with Gasteiger partial charge in [-0.15, -0.1) is 0 Å². The molecular formula is C10H9NO4. The van der Waals surface area contributed by atoms with Crippen LogP contribution in [-0.2, 0) is 11.2 Å². The number of aromatic hydroxyl groups is 1. The fourth-order valence-corrected chi connectivity index (χ4v) is 1.25. The molecule has 0 saturated heterocycles. The Morgan fingerprint density at radius 3 is 2.73 bits per heavy atom. The predicted octanol–water partition coefficient (Wildman–Crippen LogP) is 0.900. The number of nitriles is 1. The smallest absolute Gasteiger partial charge is 0.307 e. The molecule has 0 unspecified atom stereocenters. The van der Waals surface area contributed by atoms with E-state index >= 15 is 0 Å². The molecule has 0 aliphatic rings. The molecule has 0 amide bonds. The van der Waals surface area contributed by atoms with E-state index in [9.17, 15) is 9.90 Å². The van der Waals surface area contributed by atoms with Crippen molar-refractivity contribution in [1.82, 2.24) is 0 Å². The van der Waals surface area contributed by atoms with E-state index in [-0.39, 0.29) is 23.5 Å². The topological polar surface area (TPSA) is 90.6 Å². The zero-order valence-corrected chi connectivity index (χ0v) is 8.02. The van der Waals surface area contributed by atoms with Gasteiger partial charge in [0.05, 0.1) is 19.1 Å². The Labute approximate surface area is 86.1 Å². The quantitative estimate of drug-likeness (QED) is 0.768. The number of hydrogen-bond donors (Lipinski definition) is 2. The fraction of sp³-hybridized carbons (Fsp3) is 0.200. The molecule has 0 atom stereocenters. The number of benzene rings is 1. The van der Waals surface area contributed by atoms with E-state index in [4.69, 9.17) is 15.1 Å². The van der Waals surface area contributed by atoms with Gasteiger partial charge in [0.15, 0.2) is 11.5 Å². The third-order valence-electron chi connectivity index (χ3n) is 1.81. The molecule has 0 bridgehead atoms. The van der Waals surface area contributed by atoms with Crippen molar-refractivity contribution >= 4 is 5.97 Å². The Balaban J connectivity index is 3.21. The van der Waals surface area contributed by atoms with Gasteiger partial charge in [0.1, 0.15) is 6.07 Å². The number of ether oxygens (including phenoxy) is 1. The Morgan fingerprint density at radius 1 is 1.60 bits per heavy atom. The van der Waals surface area contributed by atoms with Gasteiger partial charge in [0.2, 0.25) is 0 Å². The van der Waals surface area contributed by atoms with E-state index in [1.807, 2.05) is 6.07 Å². The summed E-state index contributed by atoms with van der Waals surface area (Å²) < 4.78 is 4.81. The number of phenolic OH excluding ortho intramolecular Hbond substituents is 1. The number of rotatable bonds is 3. The summed E-state index contributed by atoms with van der Waals surface area (Å²) in [6.45, 7) is 0. The molecule has 78 valence electrons. The molecule has 1 aromatic carbocycles. The largest absolute Gasteiger partial charge is 0.504 e. The number of phenols is 1. The summed E-state index contributed by atoms with van der Waals surface area (Å²) in [4.78, 5) is 10.4. The number of carboxylic acids is 1. The Hall–Kier alpha value is -2.22. The average Bonchev–Trinajstić information content (AvgIpc) is 2.15. The molecule has 0 saturated carbocycles. The van der Waals surface area contributed by atoms with Crippen LogP contribution in [0.3, 0.4) is 0 Å². The predicted molar refractivity (Wildman–Crippen MR) is 50.7 cm³/mol. The van der Waals surface area contributed by atoms with Gasteiger partial charge in [-0.3, -0.25) is 4.79 Å². The van der Waals surface area contributed by atoms with Crippen molar-refractivity contribution in [3.8, 4) is 17.6 Å². The number of aliphatic carboxylic acids is 1. The maximum atomic E-state index is 10.4. The van der Waals surface area contributed by atoms with E-state index in [0.717, 1.165) is 0 Å². The van der Waals surface area contributed by atoms with Crippen molar-refractivity contribution in [3.05, 3.63) is 23.3 Å². The van der Waals surface area contributed by atoms with Crippen LogP contribution in [0.1, 0.15) is 11.1 Å². The highest BCUT2D eigenvalue weighted by Crippen LogP contribution is 2.31. The lowest BCUT2D eigenvalue weighted by atomic mass is 10.1. The summed E-state index contributed by atoms with van der Waals surface area (Å²) in [6.07, 6.45) is -0.244. The van der Waals surface area contributed by atoms with Crippen LogP contribution in [0.5, 0.6) is 11.5 Å². The maximum absolute atomic E-state index is 10.4. The van der Waals surface area contributed by atoms with E-state index in [1.54, 1.807) is 0 Å². The van der Waals surface area contributed by atoms with Gasteiger partial charge in [-0.25, -0.2) is 0 Å². The van der Waals surface area contributed by atoms with Crippen molar-refractivity contribution in [2.45, 2.75) is 6.42 Å². The van der Waals surface area contributed by atoms with Gasteiger partial charge in [-0.2, -0.15) is 5.26 Å². The van der Waals surface area contributed by atoms with Crippen LogP contribution in [0, 0.1) is 11.3 Å². The lowest BCUT2D eigenvalue weighted by Crippen LogP contribution is -2.01. The summed E-state index contributed by atoms with van der Waals surface area (Å²) in [5.74, 6) is -1.19. The molecule has 0 aliphatic heterocycles. The molecule has 5 heteroatoms. The number of carbonyl (C=O) groups is 1. The number of nitrogens with zero attached hydrogens (tertiary/aromatic N) is 1. The van der Waals surface area contributed by atoms with Crippen molar-refractivity contribution < 1.29 is 19.7 Å². The second kappa shape index (κ2) is 4.33. The first-order valence-electron chi connectivity index (χ1n) is 4.10. The summed E-state index contributed by atoms with van der Waals surface area (Å²) in [7, 11) is 1.33. The molecule has 1 aromatic rings. The van der Waals surface area contributed by atoms with Crippen LogP contribution >= 0.6 is 0 Å². The Morgan fingerprint density at radius 2 is 2.27 bits per heavy atom. The van der Waals surface area contributed by atoms with Gasteiger partial charge < -0.3 is 14.9 Å². The molecule has 0 fully saturated rings. The fourth-order valence-electron chi connectivity index (χ4n) is 1.25. The monoisotopic (exact) mass is 207 g/mol. The van der Waals surface area contributed by atoms with Gasteiger partial charge in [-0.05, 0) is 17.7 Å². The van der Waals surface area contributed by atoms with Crippen LogP contribution in [-0.4, -0.2) is 23.3 Å². The Kier molecular flexibility index (Phi) is 3.13. The zero-order valence-electron chi connectivity index (χ0n) is 8.02. The molecule has 2 N–H and O–H groups in total. The summed E-state index contributed by atoms with van der Waals surface area (Å²) in [5, 5.41) is 26.7. The molecule has 0 aromatic heterocycles. The lowest BCUT2D eigenvalue weighted by molar-refractivity contribution is -0.136. The molecule has 5 nitrogen and oxygen atoms in total. The van der Waals surface area contributed by atoms with Crippen LogP contribution in [0.2, 0.25) is 0 Å². The Bertz CT molecular complexity index is 434. The molecule has 0 radical (unpaired) electrons. The number of methoxy groups -OCH3 is 1. The number of hydrogen-bond acceptors (Lipinski definition) is 4. The molecule has 1 rings (SSSR count). The standard InChI is InChI=1S/C10H9NO4/c1-15-10-7(5-11)2-6(3-8(10)12)4-9(13)14/h2-3,12H,4H2,1H3,(H,13,14). The minimum Gasteiger partial charge on any atom is -0.504 e. The number of carboxylic acid groups (broad SMARTS) is 1. The second-order valence-electron chi connectivity index (χ2n) is 2.88. The normalized spacial score (nSPS) is 9.33. The van der Waals surface area contributed by atoms with Crippen LogP contribution in [0.15, 0.2) is 12.1 Å². The van der Waals surface area contributed by atoms with Gasteiger partial charge in [-0.1, -0.05) is 0 Å². The third-order valence-corrected chi connectivity index (χ3v) is 1.81. The maximum Gasteiger partial charge on any atom is 0.307 e. The molecule has 0 heterocycles.